The lowest BCUT2D eigenvalue weighted by Gasteiger charge is -2.45. The number of hydrogen-bond donors (Lipinski definition) is 2. The third kappa shape index (κ3) is 3.83. The number of rotatable bonds is 8. The van der Waals surface area contributed by atoms with Crippen molar-refractivity contribution in [2.24, 2.45) is 0 Å². The van der Waals surface area contributed by atoms with Crippen molar-refractivity contribution in [3.63, 3.8) is 0 Å². The molecular weight excluding hydrogens is 398 g/mol. The van der Waals surface area contributed by atoms with Gasteiger partial charge in [-0.2, -0.15) is 0 Å². The zero-order valence-corrected chi connectivity index (χ0v) is 17.4. The molecule has 2 N–H and O–H groups in total. The van der Waals surface area contributed by atoms with Crippen LogP contribution in [-0.2, 0) is 14.6 Å². The largest absolute Gasteiger partial charge is 0.479 e. The van der Waals surface area contributed by atoms with Gasteiger partial charge >= 0.3 is 5.97 Å². The maximum absolute atomic E-state index is 13.8. The second-order valence-electron chi connectivity index (χ2n) is 7.29. The molecule has 30 heavy (non-hydrogen) atoms. The average molecular weight is 424 g/mol. The van der Waals surface area contributed by atoms with Crippen molar-refractivity contribution in [1.82, 2.24) is 5.32 Å². The Morgan fingerprint density at radius 3 is 2.17 bits per heavy atom. The van der Waals surface area contributed by atoms with Crippen molar-refractivity contribution >= 4 is 15.8 Å². The summed E-state index contributed by atoms with van der Waals surface area (Å²) >= 11 is 0. The van der Waals surface area contributed by atoms with Crippen molar-refractivity contribution < 1.29 is 18.3 Å². The molecule has 5 nitrogen and oxygen atoms in total. The van der Waals surface area contributed by atoms with E-state index in [9.17, 15) is 18.3 Å². The standard InChI is InChI=1S/C24H25NO4S/c1-3-11-19-17-21(18-12-7-5-8-13-18)22(24(25-19,16-4-2)23(26)27)30(28,29)20-14-9-6-10-15-20/h3-10,12-15,17,21-22,25H,1-2,11,16H2,(H,26,27). The molecule has 0 bridgehead atoms. The Bertz CT molecular complexity index is 1060. The third-order valence-corrected chi connectivity index (χ3v) is 7.67. The highest BCUT2D eigenvalue weighted by Gasteiger charge is 2.57. The summed E-state index contributed by atoms with van der Waals surface area (Å²) in [5, 5.41) is 12.1. The lowest BCUT2D eigenvalue weighted by atomic mass is 9.77. The Morgan fingerprint density at radius 2 is 1.63 bits per heavy atom. The Labute approximate surface area is 177 Å². The van der Waals surface area contributed by atoms with E-state index in [1.165, 1.54) is 18.2 Å². The van der Waals surface area contributed by atoms with E-state index in [2.05, 4.69) is 18.5 Å². The molecule has 0 aromatic heterocycles. The van der Waals surface area contributed by atoms with Crippen LogP contribution in [0.1, 0.15) is 24.3 Å². The first kappa shape index (κ1) is 21.6. The maximum Gasteiger partial charge on any atom is 0.331 e. The third-order valence-electron chi connectivity index (χ3n) is 5.38. The average Bonchev–Trinajstić information content (AvgIpc) is 2.75. The van der Waals surface area contributed by atoms with Gasteiger partial charge < -0.3 is 10.4 Å². The summed E-state index contributed by atoms with van der Waals surface area (Å²) in [4.78, 5) is 12.7. The number of carboxylic acids is 1. The van der Waals surface area contributed by atoms with E-state index in [4.69, 9.17) is 0 Å². The van der Waals surface area contributed by atoms with Crippen molar-refractivity contribution in [2.75, 3.05) is 0 Å². The van der Waals surface area contributed by atoms with Gasteiger partial charge in [0.05, 0.1) is 4.90 Å². The number of carboxylic acid groups (broad SMARTS) is 1. The van der Waals surface area contributed by atoms with Crippen LogP contribution in [-0.4, -0.2) is 30.3 Å². The van der Waals surface area contributed by atoms with Crippen molar-refractivity contribution in [1.29, 1.82) is 0 Å². The summed E-state index contributed by atoms with van der Waals surface area (Å²) in [6, 6.07) is 17.1. The molecule has 1 heterocycles. The van der Waals surface area contributed by atoms with Gasteiger partial charge in [0.1, 0.15) is 5.25 Å². The summed E-state index contributed by atoms with van der Waals surface area (Å²) < 4.78 is 27.7. The number of sulfone groups is 1. The van der Waals surface area contributed by atoms with Crippen LogP contribution in [0.25, 0.3) is 0 Å². The van der Waals surface area contributed by atoms with Crippen LogP contribution >= 0.6 is 0 Å². The first-order valence-corrected chi connectivity index (χ1v) is 11.2. The number of benzene rings is 2. The summed E-state index contributed by atoms with van der Waals surface area (Å²) in [5.41, 5.74) is -0.410. The topological polar surface area (TPSA) is 83.5 Å². The van der Waals surface area contributed by atoms with E-state index in [1.54, 1.807) is 24.3 Å². The monoisotopic (exact) mass is 423 g/mol. The van der Waals surface area contributed by atoms with Gasteiger partial charge in [-0.1, -0.05) is 66.8 Å². The highest BCUT2D eigenvalue weighted by atomic mass is 32.2. The predicted molar refractivity (Wildman–Crippen MR) is 118 cm³/mol. The molecule has 0 amide bonds. The number of allylic oxidation sites excluding steroid dienone is 2. The zero-order chi connectivity index (χ0) is 21.8. The summed E-state index contributed by atoms with van der Waals surface area (Å²) in [6.07, 6.45) is 5.26. The highest BCUT2D eigenvalue weighted by molar-refractivity contribution is 7.92. The number of aliphatic carboxylic acids is 1. The fraction of sp³-hybridized carbons (Fsp3) is 0.208. The molecule has 3 unspecified atom stereocenters. The van der Waals surface area contributed by atoms with Gasteiger partial charge in [-0.05, 0) is 17.7 Å². The number of nitrogens with one attached hydrogen (secondary N) is 1. The lowest BCUT2D eigenvalue weighted by Crippen LogP contribution is -2.65. The molecule has 0 aliphatic carbocycles. The summed E-state index contributed by atoms with van der Waals surface area (Å²) in [5.74, 6) is -1.90. The molecule has 3 atom stereocenters. The predicted octanol–water partition coefficient (Wildman–Crippen LogP) is 4.08. The molecule has 0 radical (unpaired) electrons. The molecule has 1 aliphatic rings. The quantitative estimate of drug-likeness (QED) is 0.625. The van der Waals surface area contributed by atoms with E-state index in [0.717, 1.165) is 5.56 Å². The zero-order valence-electron chi connectivity index (χ0n) is 16.6. The second kappa shape index (κ2) is 8.71. The van der Waals surface area contributed by atoms with Crippen molar-refractivity contribution in [3.05, 3.63) is 103 Å². The van der Waals surface area contributed by atoms with Gasteiger partial charge in [0.2, 0.25) is 0 Å². The van der Waals surface area contributed by atoms with E-state index in [0.29, 0.717) is 12.1 Å². The van der Waals surface area contributed by atoms with Crippen LogP contribution in [0.4, 0.5) is 0 Å². The molecule has 2 aromatic carbocycles. The second-order valence-corrected chi connectivity index (χ2v) is 9.36. The fourth-order valence-corrected chi connectivity index (χ4v) is 6.34. The molecule has 3 rings (SSSR count). The minimum atomic E-state index is -4.03. The van der Waals surface area contributed by atoms with Crippen LogP contribution in [0.15, 0.2) is 103 Å². The Balaban J connectivity index is 2.33. The van der Waals surface area contributed by atoms with Crippen LogP contribution in [0.5, 0.6) is 0 Å². The molecule has 0 spiro atoms. The minimum Gasteiger partial charge on any atom is -0.479 e. The van der Waals surface area contributed by atoms with Gasteiger partial charge in [-0.25, -0.2) is 13.2 Å². The maximum atomic E-state index is 13.8. The summed E-state index contributed by atoms with van der Waals surface area (Å²) in [6.45, 7) is 7.44. The van der Waals surface area contributed by atoms with Crippen LogP contribution < -0.4 is 5.32 Å². The Kier molecular flexibility index (Phi) is 6.27. The fourth-order valence-electron chi connectivity index (χ4n) is 4.10. The molecule has 1 aliphatic heterocycles. The molecule has 0 saturated heterocycles. The molecule has 0 fully saturated rings. The smallest absolute Gasteiger partial charge is 0.331 e. The highest BCUT2D eigenvalue weighted by Crippen LogP contribution is 2.43. The van der Waals surface area contributed by atoms with Crippen LogP contribution in [0.2, 0.25) is 0 Å². The Morgan fingerprint density at radius 1 is 1.03 bits per heavy atom. The van der Waals surface area contributed by atoms with Gasteiger partial charge in [0.15, 0.2) is 15.4 Å². The molecule has 2 aromatic rings. The van der Waals surface area contributed by atoms with E-state index in [1.807, 2.05) is 36.4 Å². The van der Waals surface area contributed by atoms with Crippen molar-refractivity contribution in [3.8, 4) is 0 Å². The number of carbonyl (C=O) groups is 1. The van der Waals surface area contributed by atoms with Gasteiger partial charge in [0, 0.05) is 24.5 Å². The van der Waals surface area contributed by atoms with Gasteiger partial charge in [-0.15, -0.1) is 13.2 Å². The van der Waals surface area contributed by atoms with Crippen LogP contribution in [0, 0.1) is 0 Å². The van der Waals surface area contributed by atoms with E-state index >= 15 is 0 Å². The summed E-state index contributed by atoms with van der Waals surface area (Å²) in [7, 11) is -4.03. The van der Waals surface area contributed by atoms with Gasteiger partial charge in [-0.3, -0.25) is 0 Å². The first-order valence-electron chi connectivity index (χ1n) is 9.65. The van der Waals surface area contributed by atoms with Gasteiger partial charge in [0.25, 0.3) is 0 Å². The molecule has 6 heteroatoms. The van der Waals surface area contributed by atoms with Crippen molar-refractivity contribution in [2.45, 2.75) is 34.4 Å². The number of hydrogen-bond acceptors (Lipinski definition) is 4. The van der Waals surface area contributed by atoms with E-state index < -0.39 is 32.5 Å². The minimum absolute atomic E-state index is 0.0587. The van der Waals surface area contributed by atoms with Crippen LogP contribution in [0.3, 0.4) is 0 Å². The molecular formula is C24H25NO4S. The van der Waals surface area contributed by atoms with E-state index in [-0.39, 0.29) is 11.3 Å². The molecule has 156 valence electrons. The Hall–Kier alpha value is -3.12. The first-order chi connectivity index (χ1) is 14.4. The lowest BCUT2D eigenvalue weighted by molar-refractivity contribution is -0.145. The molecule has 0 saturated carbocycles. The normalized spacial score (nSPS) is 23.7. The SMILES string of the molecule is C=CCC1=CC(c2ccccc2)C(S(=O)(=O)c2ccccc2)C(CC=C)(C(=O)O)N1.